The van der Waals surface area contributed by atoms with E-state index in [0.717, 1.165) is 15.9 Å². The van der Waals surface area contributed by atoms with Crippen LogP contribution in [0.4, 0.5) is 5.95 Å². The Bertz CT molecular complexity index is 739. The number of para-hydroxylation sites is 1. The highest BCUT2D eigenvalue weighted by atomic mass is 79.9. The minimum absolute atomic E-state index is 0.504. The molecule has 0 aliphatic rings. The van der Waals surface area contributed by atoms with Gasteiger partial charge < -0.3 is 14.9 Å². The maximum Gasteiger partial charge on any atom is 0.201 e. The first kappa shape index (κ1) is 11.3. The van der Waals surface area contributed by atoms with Crippen molar-refractivity contribution in [2.45, 2.75) is 0 Å². The van der Waals surface area contributed by atoms with Crippen molar-refractivity contribution in [3.05, 3.63) is 35.1 Å². The van der Waals surface area contributed by atoms with Crippen LogP contribution in [0.1, 0.15) is 0 Å². The van der Waals surface area contributed by atoms with Crippen LogP contribution in [0.3, 0.4) is 0 Å². The number of imidazole rings is 1. The van der Waals surface area contributed by atoms with Crippen LogP contribution in [-0.4, -0.2) is 14.1 Å². The van der Waals surface area contributed by atoms with E-state index in [1.54, 1.807) is 0 Å². The number of aryl methyl sites for hydroxylation is 1. The predicted octanol–water partition coefficient (Wildman–Crippen LogP) is 2.92. The Morgan fingerprint density at radius 3 is 2.61 bits per heavy atom. The highest BCUT2D eigenvalue weighted by molar-refractivity contribution is 9.10. The maximum atomic E-state index is 5.84. The molecule has 0 atom stereocenters. The topological polar surface area (TPSA) is 48.8 Å². The summed E-state index contributed by atoms with van der Waals surface area (Å²) in [7, 11) is 3.92. The molecule has 0 fully saturated rings. The second kappa shape index (κ2) is 3.88. The molecule has 2 heterocycles. The number of benzene rings is 1. The highest BCUT2D eigenvalue weighted by Gasteiger charge is 2.16. The molecule has 3 aromatic rings. The normalized spacial score (nSPS) is 11.3. The van der Waals surface area contributed by atoms with Gasteiger partial charge in [-0.1, -0.05) is 18.2 Å². The van der Waals surface area contributed by atoms with Gasteiger partial charge in [0.2, 0.25) is 5.95 Å². The van der Waals surface area contributed by atoms with E-state index in [-0.39, 0.29) is 0 Å². The van der Waals surface area contributed by atoms with Crippen LogP contribution < -0.4 is 5.73 Å². The van der Waals surface area contributed by atoms with E-state index in [9.17, 15) is 0 Å². The third kappa shape index (κ3) is 1.47. The van der Waals surface area contributed by atoms with Crippen LogP contribution in [0.15, 0.2) is 35.1 Å². The average molecular weight is 305 g/mol. The third-order valence-corrected chi connectivity index (χ3v) is 4.12. The number of hydrogen-bond acceptors (Lipinski definition) is 2. The predicted molar refractivity (Wildman–Crippen MR) is 77.2 cm³/mol. The number of hydrogen-bond donors (Lipinski definition) is 1. The SMILES string of the molecule is Cn1c(N)nc(-c2cn(C)c3ccccc23)c1Br. The Morgan fingerprint density at radius 2 is 1.94 bits per heavy atom. The lowest BCUT2D eigenvalue weighted by Gasteiger charge is -1.97. The number of nitrogens with two attached hydrogens (primary N) is 1. The van der Waals surface area contributed by atoms with Crippen molar-refractivity contribution in [3.8, 4) is 11.3 Å². The van der Waals surface area contributed by atoms with Gasteiger partial charge >= 0.3 is 0 Å². The van der Waals surface area contributed by atoms with Crippen LogP contribution >= 0.6 is 15.9 Å². The molecule has 4 nitrogen and oxygen atoms in total. The van der Waals surface area contributed by atoms with Gasteiger partial charge in [0.25, 0.3) is 0 Å². The van der Waals surface area contributed by atoms with E-state index in [2.05, 4.69) is 43.8 Å². The molecule has 0 saturated heterocycles. The third-order valence-electron chi connectivity index (χ3n) is 3.21. The summed E-state index contributed by atoms with van der Waals surface area (Å²) in [4.78, 5) is 4.42. The summed E-state index contributed by atoms with van der Waals surface area (Å²) < 4.78 is 4.83. The second-order valence-corrected chi connectivity index (χ2v) is 5.09. The largest absolute Gasteiger partial charge is 0.369 e. The standard InChI is InChI=1S/C13H13BrN4/c1-17-7-9(8-5-3-4-6-10(8)17)11-12(14)18(2)13(15)16-11/h3-7H,1-2H3,(H2,15,16). The number of halogens is 1. The van der Waals surface area contributed by atoms with Crippen molar-refractivity contribution < 1.29 is 0 Å². The molecule has 0 spiro atoms. The Kier molecular flexibility index (Phi) is 2.45. The van der Waals surface area contributed by atoms with Gasteiger partial charge in [0.1, 0.15) is 10.3 Å². The summed E-state index contributed by atoms with van der Waals surface area (Å²) in [6.45, 7) is 0. The van der Waals surface area contributed by atoms with Gasteiger partial charge in [0.15, 0.2) is 0 Å². The zero-order valence-electron chi connectivity index (χ0n) is 10.2. The first-order chi connectivity index (χ1) is 8.59. The zero-order valence-corrected chi connectivity index (χ0v) is 11.8. The van der Waals surface area contributed by atoms with Gasteiger partial charge in [-0.3, -0.25) is 0 Å². The Labute approximate surface area is 113 Å². The van der Waals surface area contributed by atoms with Crippen LogP contribution in [0.5, 0.6) is 0 Å². The van der Waals surface area contributed by atoms with Gasteiger partial charge in [-0.2, -0.15) is 0 Å². The molecule has 5 heteroatoms. The first-order valence-electron chi connectivity index (χ1n) is 5.61. The average Bonchev–Trinajstić information content (AvgIpc) is 2.83. The molecule has 0 amide bonds. The smallest absolute Gasteiger partial charge is 0.201 e. The minimum atomic E-state index is 0.504. The fourth-order valence-corrected chi connectivity index (χ4v) is 2.68. The number of nitrogens with zero attached hydrogens (tertiary/aromatic N) is 3. The Balaban J connectivity index is 2.35. The van der Waals surface area contributed by atoms with Crippen molar-refractivity contribution in [1.29, 1.82) is 0 Å². The highest BCUT2D eigenvalue weighted by Crippen LogP contribution is 2.34. The molecular weight excluding hydrogens is 292 g/mol. The van der Waals surface area contributed by atoms with Crippen LogP contribution in [-0.2, 0) is 14.1 Å². The monoisotopic (exact) mass is 304 g/mol. The molecule has 92 valence electrons. The molecule has 2 aromatic heterocycles. The van der Waals surface area contributed by atoms with E-state index in [0.29, 0.717) is 5.95 Å². The Hall–Kier alpha value is -1.75. The number of aromatic nitrogens is 3. The summed E-state index contributed by atoms with van der Waals surface area (Å²) in [6.07, 6.45) is 2.08. The lowest BCUT2D eigenvalue weighted by Crippen LogP contribution is -1.96. The van der Waals surface area contributed by atoms with Crippen molar-refractivity contribution in [3.63, 3.8) is 0 Å². The zero-order chi connectivity index (χ0) is 12.9. The van der Waals surface area contributed by atoms with E-state index in [1.807, 2.05) is 30.8 Å². The van der Waals surface area contributed by atoms with Gasteiger partial charge in [-0.15, -0.1) is 0 Å². The maximum absolute atomic E-state index is 5.84. The van der Waals surface area contributed by atoms with E-state index < -0.39 is 0 Å². The number of anilines is 1. The molecule has 0 aliphatic heterocycles. The molecular formula is C13H13BrN4. The number of fused-ring (bicyclic) bond motifs is 1. The van der Waals surface area contributed by atoms with Crippen molar-refractivity contribution in [1.82, 2.24) is 14.1 Å². The van der Waals surface area contributed by atoms with Crippen LogP contribution in [0, 0.1) is 0 Å². The summed E-state index contributed by atoms with van der Waals surface area (Å²) in [5.74, 6) is 0.504. The van der Waals surface area contributed by atoms with E-state index >= 15 is 0 Å². The van der Waals surface area contributed by atoms with Gasteiger partial charge in [-0.25, -0.2) is 4.98 Å². The lowest BCUT2D eigenvalue weighted by atomic mass is 10.1. The number of rotatable bonds is 1. The molecule has 0 saturated carbocycles. The lowest BCUT2D eigenvalue weighted by molar-refractivity contribution is 0.907. The van der Waals surface area contributed by atoms with E-state index in [4.69, 9.17) is 5.73 Å². The van der Waals surface area contributed by atoms with Gasteiger partial charge in [0.05, 0.1) is 0 Å². The summed E-state index contributed by atoms with van der Waals surface area (Å²) >= 11 is 3.54. The molecule has 2 N–H and O–H groups in total. The first-order valence-corrected chi connectivity index (χ1v) is 6.41. The molecule has 18 heavy (non-hydrogen) atoms. The fraction of sp³-hybridized carbons (Fsp3) is 0.154. The molecule has 0 unspecified atom stereocenters. The van der Waals surface area contributed by atoms with Crippen LogP contribution in [0.2, 0.25) is 0 Å². The van der Waals surface area contributed by atoms with Crippen LogP contribution in [0.25, 0.3) is 22.2 Å². The molecule has 1 aromatic carbocycles. The van der Waals surface area contributed by atoms with E-state index in [1.165, 1.54) is 10.9 Å². The second-order valence-electron chi connectivity index (χ2n) is 4.34. The molecule has 0 radical (unpaired) electrons. The summed E-state index contributed by atoms with van der Waals surface area (Å²) in [5.41, 5.74) is 9.00. The summed E-state index contributed by atoms with van der Waals surface area (Å²) in [5, 5.41) is 1.18. The summed E-state index contributed by atoms with van der Waals surface area (Å²) in [6, 6.07) is 8.26. The van der Waals surface area contributed by atoms with Crippen molar-refractivity contribution in [2.75, 3.05) is 5.73 Å². The Morgan fingerprint density at radius 1 is 1.22 bits per heavy atom. The fourth-order valence-electron chi connectivity index (χ4n) is 2.20. The molecule has 0 aliphatic carbocycles. The minimum Gasteiger partial charge on any atom is -0.369 e. The molecule has 3 rings (SSSR count). The van der Waals surface area contributed by atoms with Gasteiger partial charge in [-0.05, 0) is 22.0 Å². The molecule has 0 bridgehead atoms. The van der Waals surface area contributed by atoms with Gasteiger partial charge in [0, 0.05) is 36.8 Å². The van der Waals surface area contributed by atoms with Crippen molar-refractivity contribution >= 4 is 32.8 Å². The number of nitrogen functional groups attached to an aromatic ring is 1. The van der Waals surface area contributed by atoms with Crippen molar-refractivity contribution in [2.24, 2.45) is 14.1 Å². The quantitative estimate of drug-likeness (QED) is 0.751.